The molecule has 8 nitrogen and oxygen atoms in total. The fourth-order valence-electron chi connectivity index (χ4n) is 3.15. The molecule has 1 atom stereocenters. The van der Waals surface area contributed by atoms with Crippen molar-refractivity contribution in [3.05, 3.63) is 58.5 Å². The Labute approximate surface area is 154 Å². The van der Waals surface area contributed by atoms with E-state index in [1.807, 2.05) is 0 Å². The Kier molecular flexibility index (Phi) is 4.23. The summed E-state index contributed by atoms with van der Waals surface area (Å²) >= 11 is 0. The Morgan fingerprint density at radius 3 is 2.93 bits per heavy atom. The first-order chi connectivity index (χ1) is 13.0. The third kappa shape index (κ3) is 3.21. The summed E-state index contributed by atoms with van der Waals surface area (Å²) in [5.74, 6) is 0.0644. The van der Waals surface area contributed by atoms with Gasteiger partial charge in [-0.3, -0.25) is 19.0 Å². The van der Waals surface area contributed by atoms with Gasteiger partial charge in [0, 0.05) is 18.7 Å². The lowest BCUT2D eigenvalue weighted by Gasteiger charge is -2.14. The molecule has 1 aromatic carbocycles. The van der Waals surface area contributed by atoms with Crippen LogP contribution in [-0.4, -0.2) is 27.4 Å². The molecule has 0 fully saturated rings. The van der Waals surface area contributed by atoms with Crippen molar-refractivity contribution in [1.82, 2.24) is 14.9 Å². The fraction of sp³-hybridized carbons (Fsp3) is 0.263. The number of hydrogen-bond donors (Lipinski definition) is 2. The normalized spacial score (nSPS) is 14.0. The predicted molar refractivity (Wildman–Crippen MR) is 98.6 cm³/mol. The van der Waals surface area contributed by atoms with Crippen LogP contribution in [0.2, 0.25) is 0 Å². The van der Waals surface area contributed by atoms with Gasteiger partial charge in [-0.25, -0.2) is 4.98 Å². The molecular formula is C19H18N4O4. The van der Waals surface area contributed by atoms with E-state index in [4.69, 9.17) is 4.42 Å². The third-order valence-electron chi connectivity index (χ3n) is 4.57. The van der Waals surface area contributed by atoms with E-state index in [1.54, 1.807) is 35.8 Å². The number of hydrogen-bond acceptors (Lipinski definition) is 5. The Morgan fingerprint density at radius 1 is 1.30 bits per heavy atom. The monoisotopic (exact) mass is 366 g/mol. The van der Waals surface area contributed by atoms with Crippen LogP contribution in [0.1, 0.15) is 29.7 Å². The molecule has 2 aromatic heterocycles. The van der Waals surface area contributed by atoms with E-state index < -0.39 is 17.9 Å². The lowest BCUT2D eigenvalue weighted by molar-refractivity contribution is -0.117. The SMILES string of the molecule is CC(NC(=O)c1ccco1)C(=O)Nc1ccc2nc3n(c(=O)c2c1)CCC3. The zero-order valence-corrected chi connectivity index (χ0v) is 14.7. The van der Waals surface area contributed by atoms with E-state index in [9.17, 15) is 14.4 Å². The number of carbonyl (C=O) groups excluding carboxylic acids is 2. The molecule has 1 aliphatic rings. The highest BCUT2D eigenvalue weighted by Crippen LogP contribution is 2.18. The highest BCUT2D eigenvalue weighted by Gasteiger charge is 2.19. The van der Waals surface area contributed by atoms with Gasteiger partial charge in [0.2, 0.25) is 5.91 Å². The standard InChI is InChI=1S/C19H18N4O4/c1-11(20-18(25)15-4-3-9-27-15)17(24)21-12-6-7-14-13(10-12)19(26)23-8-2-5-16(23)22-14/h3-4,6-7,9-11H,2,5,8H2,1H3,(H,20,25)(H,21,24). The number of rotatable bonds is 4. The molecule has 27 heavy (non-hydrogen) atoms. The number of benzene rings is 1. The molecular weight excluding hydrogens is 348 g/mol. The largest absolute Gasteiger partial charge is 0.459 e. The zero-order chi connectivity index (χ0) is 19.0. The van der Waals surface area contributed by atoms with Crippen molar-refractivity contribution in [2.24, 2.45) is 0 Å². The molecule has 3 heterocycles. The van der Waals surface area contributed by atoms with Crippen LogP contribution in [0.3, 0.4) is 0 Å². The molecule has 0 saturated carbocycles. The molecule has 8 heteroatoms. The average Bonchev–Trinajstić information content (AvgIpc) is 3.34. The van der Waals surface area contributed by atoms with Crippen LogP contribution in [0.15, 0.2) is 45.8 Å². The van der Waals surface area contributed by atoms with Crippen molar-refractivity contribution >= 4 is 28.4 Å². The van der Waals surface area contributed by atoms with Gasteiger partial charge < -0.3 is 15.1 Å². The van der Waals surface area contributed by atoms with Crippen molar-refractivity contribution < 1.29 is 14.0 Å². The topological polar surface area (TPSA) is 106 Å². The van der Waals surface area contributed by atoms with Crippen molar-refractivity contribution in [2.45, 2.75) is 32.4 Å². The molecule has 0 aliphatic carbocycles. The van der Waals surface area contributed by atoms with Crippen molar-refractivity contribution in [2.75, 3.05) is 5.32 Å². The van der Waals surface area contributed by atoms with Gasteiger partial charge in [-0.05, 0) is 43.7 Å². The Hall–Kier alpha value is -3.42. The second-order valence-corrected chi connectivity index (χ2v) is 6.48. The van der Waals surface area contributed by atoms with Crippen molar-refractivity contribution in [1.29, 1.82) is 0 Å². The summed E-state index contributed by atoms with van der Waals surface area (Å²) in [6.07, 6.45) is 3.10. The third-order valence-corrected chi connectivity index (χ3v) is 4.57. The molecule has 2 amide bonds. The maximum absolute atomic E-state index is 12.6. The number of amides is 2. The number of anilines is 1. The summed E-state index contributed by atoms with van der Waals surface area (Å²) in [7, 11) is 0. The molecule has 0 radical (unpaired) electrons. The molecule has 0 spiro atoms. The molecule has 1 unspecified atom stereocenters. The highest BCUT2D eigenvalue weighted by atomic mass is 16.3. The molecule has 1 aliphatic heterocycles. The molecule has 138 valence electrons. The number of carbonyl (C=O) groups is 2. The smallest absolute Gasteiger partial charge is 0.287 e. The maximum atomic E-state index is 12.6. The summed E-state index contributed by atoms with van der Waals surface area (Å²) < 4.78 is 6.69. The van der Waals surface area contributed by atoms with E-state index in [2.05, 4.69) is 15.6 Å². The summed E-state index contributed by atoms with van der Waals surface area (Å²) in [5.41, 5.74) is 0.997. The van der Waals surface area contributed by atoms with Crippen LogP contribution in [0.4, 0.5) is 5.69 Å². The van der Waals surface area contributed by atoms with E-state index in [1.165, 1.54) is 12.3 Å². The van der Waals surface area contributed by atoms with Gasteiger partial charge >= 0.3 is 0 Å². The molecule has 0 saturated heterocycles. The van der Waals surface area contributed by atoms with E-state index in [0.29, 0.717) is 23.1 Å². The van der Waals surface area contributed by atoms with Crippen molar-refractivity contribution in [3.63, 3.8) is 0 Å². The fourth-order valence-corrected chi connectivity index (χ4v) is 3.15. The number of nitrogens with zero attached hydrogens (tertiary/aromatic N) is 2. The quantitative estimate of drug-likeness (QED) is 0.731. The second-order valence-electron chi connectivity index (χ2n) is 6.48. The minimum absolute atomic E-state index is 0.0947. The Balaban J connectivity index is 1.52. The van der Waals surface area contributed by atoms with Crippen LogP contribution < -0.4 is 16.2 Å². The summed E-state index contributed by atoms with van der Waals surface area (Å²) in [6, 6.07) is 7.37. The Morgan fingerprint density at radius 2 is 2.15 bits per heavy atom. The van der Waals surface area contributed by atoms with Gasteiger partial charge in [0.05, 0.1) is 17.2 Å². The molecule has 2 N–H and O–H groups in total. The first-order valence-electron chi connectivity index (χ1n) is 8.71. The summed E-state index contributed by atoms with van der Waals surface area (Å²) in [4.78, 5) is 41.5. The second kappa shape index (κ2) is 6.71. The zero-order valence-electron chi connectivity index (χ0n) is 14.7. The van der Waals surface area contributed by atoms with Crippen LogP contribution in [0.5, 0.6) is 0 Å². The van der Waals surface area contributed by atoms with E-state index in [-0.39, 0.29) is 11.3 Å². The molecule has 4 rings (SSSR count). The predicted octanol–water partition coefficient (Wildman–Crippen LogP) is 1.69. The minimum Gasteiger partial charge on any atom is -0.459 e. The van der Waals surface area contributed by atoms with Gasteiger partial charge in [0.15, 0.2) is 5.76 Å². The lowest BCUT2D eigenvalue weighted by Crippen LogP contribution is -2.41. The van der Waals surface area contributed by atoms with Crippen LogP contribution in [0, 0.1) is 0 Å². The Bertz CT molecular complexity index is 1090. The maximum Gasteiger partial charge on any atom is 0.287 e. The van der Waals surface area contributed by atoms with Gasteiger partial charge in [-0.1, -0.05) is 0 Å². The van der Waals surface area contributed by atoms with E-state index >= 15 is 0 Å². The van der Waals surface area contributed by atoms with E-state index in [0.717, 1.165) is 18.7 Å². The molecule has 3 aromatic rings. The van der Waals surface area contributed by atoms with Gasteiger partial charge in [0.25, 0.3) is 11.5 Å². The van der Waals surface area contributed by atoms with Crippen LogP contribution in [0.25, 0.3) is 10.9 Å². The number of aromatic nitrogens is 2. The van der Waals surface area contributed by atoms with Gasteiger partial charge in [0.1, 0.15) is 11.9 Å². The molecule has 0 bridgehead atoms. The van der Waals surface area contributed by atoms with Crippen LogP contribution in [-0.2, 0) is 17.8 Å². The van der Waals surface area contributed by atoms with Crippen molar-refractivity contribution in [3.8, 4) is 0 Å². The number of nitrogens with one attached hydrogen (secondary N) is 2. The first kappa shape index (κ1) is 17.0. The first-order valence-corrected chi connectivity index (χ1v) is 8.71. The highest BCUT2D eigenvalue weighted by molar-refractivity contribution is 6.00. The summed E-state index contributed by atoms with van der Waals surface area (Å²) in [6.45, 7) is 2.24. The van der Waals surface area contributed by atoms with Gasteiger partial charge in [-0.2, -0.15) is 0 Å². The van der Waals surface area contributed by atoms with Crippen LogP contribution >= 0.6 is 0 Å². The average molecular weight is 366 g/mol. The number of furan rings is 1. The number of fused-ring (bicyclic) bond motifs is 2. The van der Waals surface area contributed by atoms with Gasteiger partial charge in [-0.15, -0.1) is 0 Å². The lowest BCUT2D eigenvalue weighted by atomic mass is 10.2. The number of aryl methyl sites for hydroxylation is 1. The minimum atomic E-state index is -0.780. The summed E-state index contributed by atoms with van der Waals surface area (Å²) in [5, 5.41) is 5.74.